The van der Waals surface area contributed by atoms with E-state index in [1.807, 2.05) is 49.6 Å². The predicted octanol–water partition coefficient (Wildman–Crippen LogP) is 6.74. The number of rotatable bonds is 5. The van der Waals surface area contributed by atoms with Crippen LogP contribution in [-0.2, 0) is 4.74 Å². The Kier molecular flexibility index (Phi) is 6.45. The zero-order valence-electron chi connectivity index (χ0n) is 15.3. The number of ether oxygens (including phenoxy) is 1. The fourth-order valence-electron chi connectivity index (χ4n) is 2.69. The van der Waals surface area contributed by atoms with Gasteiger partial charge in [-0.1, -0.05) is 29.5 Å². The van der Waals surface area contributed by atoms with Crippen molar-refractivity contribution >= 4 is 23.2 Å². The molecule has 0 bridgehead atoms. The van der Waals surface area contributed by atoms with Crippen LogP contribution in [-0.4, -0.2) is 12.3 Å². The molecule has 0 heterocycles. The number of allylic oxidation sites excluding steroid dienone is 3. The summed E-state index contributed by atoms with van der Waals surface area (Å²) in [6.45, 7) is 4.60. The molecule has 0 fully saturated rings. The van der Waals surface area contributed by atoms with E-state index in [4.69, 9.17) is 9.73 Å². The average Bonchev–Trinajstić information content (AvgIpc) is 2.64. The van der Waals surface area contributed by atoms with Crippen LogP contribution in [0.3, 0.4) is 0 Å². The van der Waals surface area contributed by atoms with Crippen molar-refractivity contribution in [1.82, 2.24) is 0 Å². The molecule has 0 spiro atoms. The van der Waals surface area contributed by atoms with E-state index in [1.54, 1.807) is 0 Å². The third-order valence-corrected chi connectivity index (χ3v) is 5.09. The molecular formula is C22H21F2NOS. The summed E-state index contributed by atoms with van der Waals surface area (Å²) < 4.78 is 32.6. The molecule has 3 rings (SSSR count). The molecule has 1 aliphatic rings. The van der Waals surface area contributed by atoms with Crippen LogP contribution in [0, 0.1) is 18.6 Å². The van der Waals surface area contributed by atoms with E-state index in [9.17, 15) is 8.78 Å². The summed E-state index contributed by atoms with van der Waals surface area (Å²) in [6.07, 6.45) is 3.48. The lowest BCUT2D eigenvalue weighted by Gasteiger charge is -2.18. The summed E-state index contributed by atoms with van der Waals surface area (Å²) in [5.74, 6) is -0.234. The van der Waals surface area contributed by atoms with E-state index in [2.05, 4.69) is 0 Å². The highest BCUT2D eigenvalue weighted by atomic mass is 32.2. The molecule has 0 aromatic heterocycles. The first-order valence-corrected chi connectivity index (χ1v) is 9.73. The molecule has 1 aliphatic carbocycles. The van der Waals surface area contributed by atoms with Gasteiger partial charge in [-0.05, 0) is 55.5 Å². The van der Waals surface area contributed by atoms with Crippen molar-refractivity contribution in [1.29, 1.82) is 0 Å². The van der Waals surface area contributed by atoms with Crippen LogP contribution in [0.4, 0.5) is 14.5 Å². The highest BCUT2D eigenvalue weighted by Gasteiger charge is 2.16. The lowest BCUT2D eigenvalue weighted by atomic mass is 9.99. The fourth-order valence-corrected chi connectivity index (χ4v) is 3.52. The van der Waals surface area contributed by atoms with E-state index in [-0.39, 0.29) is 0 Å². The smallest absolute Gasteiger partial charge is 0.140 e. The number of thioether (sulfide) groups is 1. The number of aliphatic imine (C=N–C) groups is 1. The summed E-state index contributed by atoms with van der Waals surface area (Å²) in [6, 6.07) is 11.6. The van der Waals surface area contributed by atoms with Gasteiger partial charge in [-0.3, -0.25) is 0 Å². The number of halogens is 2. The van der Waals surface area contributed by atoms with Crippen molar-refractivity contribution < 1.29 is 13.5 Å². The summed E-state index contributed by atoms with van der Waals surface area (Å²) >= 11 is 1.24. The van der Waals surface area contributed by atoms with Crippen LogP contribution in [0.5, 0.6) is 0 Å². The molecule has 5 heteroatoms. The van der Waals surface area contributed by atoms with Gasteiger partial charge in [0.25, 0.3) is 0 Å². The van der Waals surface area contributed by atoms with E-state index in [0.717, 1.165) is 41.6 Å². The van der Waals surface area contributed by atoms with Crippen molar-refractivity contribution in [2.75, 3.05) is 6.61 Å². The quantitative estimate of drug-likeness (QED) is 0.532. The van der Waals surface area contributed by atoms with Gasteiger partial charge in [-0.15, -0.1) is 0 Å². The standard InChI is InChI=1S/C22H21F2NOS/c1-3-26-19-10-6-16(14-27-22-11-7-17(23)12-20(22)24)21(13-19)25-18-8-4-15(2)5-9-18/h4-5,7-9,11-14H,3,6,10H2,1-2H3/b16-14-,25-21?. The molecule has 2 aromatic carbocycles. The second-order valence-corrected chi connectivity index (χ2v) is 7.12. The van der Waals surface area contributed by atoms with Gasteiger partial charge in [0.05, 0.1) is 23.8 Å². The predicted molar refractivity (Wildman–Crippen MR) is 108 cm³/mol. The van der Waals surface area contributed by atoms with Gasteiger partial charge in [0.2, 0.25) is 0 Å². The number of aryl methyl sites for hydroxylation is 1. The van der Waals surface area contributed by atoms with Gasteiger partial charge in [0.1, 0.15) is 11.6 Å². The number of nitrogens with zero attached hydrogens (tertiary/aromatic N) is 1. The average molecular weight is 385 g/mol. The first-order valence-electron chi connectivity index (χ1n) is 8.85. The van der Waals surface area contributed by atoms with Crippen LogP contribution < -0.4 is 0 Å². The second kappa shape index (κ2) is 9.00. The largest absolute Gasteiger partial charge is 0.498 e. The molecule has 0 atom stereocenters. The summed E-state index contributed by atoms with van der Waals surface area (Å²) in [4.78, 5) is 5.13. The van der Waals surface area contributed by atoms with E-state index in [1.165, 1.54) is 29.5 Å². The Labute approximate surface area is 162 Å². The molecule has 27 heavy (non-hydrogen) atoms. The zero-order valence-corrected chi connectivity index (χ0v) is 16.2. The monoisotopic (exact) mass is 385 g/mol. The first-order chi connectivity index (χ1) is 13.0. The third kappa shape index (κ3) is 5.30. The molecule has 140 valence electrons. The van der Waals surface area contributed by atoms with Crippen LogP contribution >= 0.6 is 11.8 Å². The molecule has 0 amide bonds. The first kappa shape index (κ1) is 19.4. The van der Waals surface area contributed by atoms with Gasteiger partial charge in [0, 0.05) is 23.5 Å². The van der Waals surface area contributed by atoms with Crippen molar-refractivity contribution in [3.8, 4) is 0 Å². The van der Waals surface area contributed by atoms with Crippen molar-refractivity contribution in [2.24, 2.45) is 4.99 Å². The molecule has 0 radical (unpaired) electrons. The molecule has 0 saturated carbocycles. The zero-order chi connectivity index (χ0) is 19.2. The maximum Gasteiger partial charge on any atom is 0.140 e. The minimum atomic E-state index is -0.576. The minimum absolute atomic E-state index is 0.387. The molecule has 0 saturated heterocycles. The highest BCUT2D eigenvalue weighted by Crippen LogP contribution is 2.30. The third-order valence-electron chi connectivity index (χ3n) is 4.10. The van der Waals surface area contributed by atoms with Crippen molar-refractivity contribution in [3.63, 3.8) is 0 Å². The molecule has 2 aromatic rings. The molecule has 0 N–H and O–H groups in total. The molecular weight excluding hydrogens is 364 g/mol. The van der Waals surface area contributed by atoms with Gasteiger partial charge < -0.3 is 4.74 Å². The number of hydrogen-bond donors (Lipinski definition) is 0. The van der Waals surface area contributed by atoms with Crippen LogP contribution in [0.25, 0.3) is 0 Å². The lowest BCUT2D eigenvalue weighted by Crippen LogP contribution is -2.09. The normalized spacial score (nSPS) is 17.3. The van der Waals surface area contributed by atoms with E-state index in [0.29, 0.717) is 11.5 Å². The fraction of sp³-hybridized carbons (Fsp3) is 0.227. The lowest BCUT2D eigenvalue weighted by molar-refractivity contribution is 0.218. The van der Waals surface area contributed by atoms with E-state index >= 15 is 0 Å². The maximum atomic E-state index is 13.9. The van der Waals surface area contributed by atoms with Crippen molar-refractivity contribution in [3.05, 3.63) is 82.5 Å². The Bertz CT molecular complexity index is 901. The molecule has 0 unspecified atom stereocenters. The van der Waals surface area contributed by atoms with E-state index < -0.39 is 11.6 Å². The summed E-state index contributed by atoms with van der Waals surface area (Å²) in [5, 5.41) is 1.89. The van der Waals surface area contributed by atoms with Crippen LogP contribution in [0.1, 0.15) is 25.3 Å². The SMILES string of the molecule is CCOC1=CC(=Nc2ccc(C)cc2)/C(=C\Sc2ccc(F)cc2F)CC1. The Balaban J connectivity index is 1.90. The minimum Gasteiger partial charge on any atom is -0.498 e. The Morgan fingerprint density at radius 2 is 1.89 bits per heavy atom. The Hall–Kier alpha value is -2.40. The number of benzene rings is 2. The maximum absolute atomic E-state index is 13.9. The van der Waals surface area contributed by atoms with Gasteiger partial charge in [0.15, 0.2) is 0 Å². The molecule has 0 aliphatic heterocycles. The second-order valence-electron chi connectivity index (χ2n) is 6.21. The van der Waals surface area contributed by atoms with Crippen LogP contribution in [0.2, 0.25) is 0 Å². The highest BCUT2D eigenvalue weighted by molar-refractivity contribution is 8.02. The number of hydrogen-bond acceptors (Lipinski definition) is 3. The molecule has 2 nitrogen and oxygen atoms in total. The van der Waals surface area contributed by atoms with Gasteiger partial charge in [-0.2, -0.15) is 0 Å². The van der Waals surface area contributed by atoms with Gasteiger partial charge in [-0.25, -0.2) is 13.8 Å². The topological polar surface area (TPSA) is 21.6 Å². The van der Waals surface area contributed by atoms with Crippen molar-refractivity contribution in [2.45, 2.75) is 31.6 Å². The van der Waals surface area contributed by atoms with Gasteiger partial charge >= 0.3 is 0 Å². The Morgan fingerprint density at radius 1 is 1.11 bits per heavy atom. The van der Waals surface area contributed by atoms with Crippen LogP contribution in [0.15, 0.2) is 75.2 Å². The summed E-state index contributed by atoms with van der Waals surface area (Å²) in [7, 11) is 0. The Morgan fingerprint density at radius 3 is 2.59 bits per heavy atom. The summed E-state index contributed by atoms with van der Waals surface area (Å²) in [5.41, 5.74) is 3.84.